The smallest absolute Gasteiger partial charge is 0.211 e. The van der Waals surface area contributed by atoms with Crippen molar-refractivity contribution in [3.05, 3.63) is 29.3 Å². The van der Waals surface area contributed by atoms with Gasteiger partial charge in [0.25, 0.3) is 0 Å². The molecule has 92 valence electrons. The van der Waals surface area contributed by atoms with Gasteiger partial charge >= 0.3 is 0 Å². The number of unbranched alkanes of at least 4 members (excludes halogenated alkanes) is 1. The van der Waals surface area contributed by atoms with Gasteiger partial charge in [0.15, 0.2) is 0 Å². The van der Waals surface area contributed by atoms with Crippen molar-refractivity contribution in [2.75, 3.05) is 6.54 Å². The van der Waals surface area contributed by atoms with Gasteiger partial charge in [0.05, 0.1) is 11.0 Å². The van der Waals surface area contributed by atoms with Crippen molar-refractivity contribution < 1.29 is 8.42 Å². The lowest BCUT2D eigenvalue weighted by molar-refractivity contribution is 0.579. The third-order valence-corrected chi connectivity index (χ3v) is 4.00. The number of nitrogens with zero attached hydrogens (tertiary/aromatic N) is 1. The van der Waals surface area contributed by atoms with E-state index in [0.717, 1.165) is 11.1 Å². The van der Waals surface area contributed by atoms with E-state index in [2.05, 4.69) is 4.72 Å². The molecular formula is C12H16N2O2S. The highest BCUT2D eigenvalue weighted by molar-refractivity contribution is 7.89. The Kier molecular flexibility index (Phi) is 4.67. The van der Waals surface area contributed by atoms with Crippen molar-refractivity contribution in [3.8, 4) is 6.07 Å². The summed E-state index contributed by atoms with van der Waals surface area (Å²) < 4.78 is 26.4. The SMILES string of the molecule is Cc1ccc(S(=O)(=O)NCCCC#N)c(C)c1. The van der Waals surface area contributed by atoms with Crippen molar-refractivity contribution in [1.29, 1.82) is 5.26 Å². The second-order valence-corrected chi connectivity index (χ2v) is 5.66. The van der Waals surface area contributed by atoms with E-state index in [9.17, 15) is 8.42 Å². The summed E-state index contributed by atoms with van der Waals surface area (Å²) in [6.07, 6.45) is 0.885. The average molecular weight is 252 g/mol. The summed E-state index contributed by atoms with van der Waals surface area (Å²) in [7, 11) is -3.45. The summed E-state index contributed by atoms with van der Waals surface area (Å²) in [5, 5.41) is 8.36. The molecule has 1 rings (SSSR count). The Balaban J connectivity index is 2.80. The third kappa shape index (κ3) is 3.84. The number of sulfonamides is 1. The van der Waals surface area contributed by atoms with Gasteiger partial charge in [0, 0.05) is 13.0 Å². The molecule has 0 radical (unpaired) electrons. The van der Waals surface area contributed by atoms with Crippen LogP contribution in [0.2, 0.25) is 0 Å². The first kappa shape index (κ1) is 13.7. The Morgan fingerprint density at radius 2 is 2.06 bits per heavy atom. The van der Waals surface area contributed by atoms with Gasteiger partial charge in [-0.2, -0.15) is 5.26 Å². The monoisotopic (exact) mass is 252 g/mol. The molecule has 0 bridgehead atoms. The normalized spacial score (nSPS) is 11.1. The zero-order valence-electron chi connectivity index (χ0n) is 10.0. The quantitative estimate of drug-likeness (QED) is 0.813. The molecule has 1 aromatic rings. The van der Waals surface area contributed by atoms with E-state index < -0.39 is 10.0 Å². The summed E-state index contributed by atoms with van der Waals surface area (Å²) in [6.45, 7) is 3.99. The van der Waals surface area contributed by atoms with E-state index in [1.807, 2.05) is 19.1 Å². The van der Waals surface area contributed by atoms with Gasteiger partial charge in [-0.15, -0.1) is 0 Å². The van der Waals surface area contributed by atoms with Crippen LogP contribution in [0, 0.1) is 25.2 Å². The van der Waals surface area contributed by atoms with Gasteiger partial charge in [-0.1, -0.05) is 17.7 Å². The molecule has 0 amide bonds. The van der Waals surface area contributed by atoms with Crippen LogP contribution in [0.3, 0.4) is 0 Å². The van der Waals surface area contributed by atoms with Crippen LogP contribution in [0.25, 0.3) is 0 Å². The minimum atomic E-state index is -3.45. The molecule has 0 aliphatic carbocycles. The lowest BCUT2D eigenvalue weighted by Gasteiger charge is -2.09. The van der Waals surface area contributed by atoms with Crippen LogP contribution in [0.4, 0.5) is 0 Å². The van der Waals surface area contributed by atoms with Crippen LogP contribution in [-0.2, 0) is 10.0 Å². The van der Waals surface area contributed by atoms with E-state index in [1.165, 1.54) is 0 Å². The van der Waals surface area contributed by atoms with E-state index in [4.69, 9.17) is 5.26 Å². The summed E-state index contributed by atoms with van der Waals surface area (Å²) in [5.41, 5.74) is 1.77. The lowest BCUT2D eigenvalue weighted by Crippen LogP contribution is -2.25. The Morgan fingerprint density at radius 1 is 1.35 bits per heavy atom. The topological polar surface area (TPSA) is 70.0 Å². The van der Waals surface area contributed by atoms with Crippen molar-refractivity contribution in [2.45, 2.75) is 31.6 Å². The van der Waals surface area contributed by atoms with Gasteiger partial charge in [0.1, 0.15) is 0 Å². The maximum absolute atomic E-state index is 11.9. The number of nitrogens with one attached hydrogen (secondary N) is 1. The molecule has 0 atom stereocenters. The second kappa shape index (κ2) is 5.80. The average Bonchev–Trinajstić information content (AvgIpc) is 2.24. The highest BCUT2D eigenvalue weighted by Crippen LogP contribution is 2.16. The maximum atomic E-state index is 11.9. The van der Waals surface area contributed by atoms with Crippen molar-refractivity contribution in [3.63, 3.8) is 0 Å². The molecule has 0 spiro atoms. The number of hydrogen-bond donors (Lipinski definition) is 1. The highest BCUT2D eigenvalue weighted by Gasteiger charge is 2.15. The van der Waals surface area contributed by atoms with E-state index in [1.54, 1.807) is 19.1 Å². The Hall–Kier alpha value is -1.38. The van der Waals surface area contributed by atoms with Crippen LogP contribution in [0.1, 0.15) is 24.0 Å². The molecule has 0 aliphatic heterocycles. The number of rotatable bonds is 5. The van der Waals surface area contributed by atoms with E-state index in [-0.39, 0.29) is 0 Å². The first-order valence-electron chi connectivity index (χ1n) is 5.41. The zero-order chi connectivity index (χ0) is 12.9. The molecule has 1 aromatic carbocycles. The Morgan fingerprint density at radius 3 is 2.65 bits per heavy atom. The zero-order valence-corrected chi connectivity index (χ0v) is 10.8. The molecule has 0 saturated carbocycles. The lowest BCUT2D eigenvalue weighted by atomic mass is 10.2. The molecule has 4 nitrogen and oxygen atoms in total. The summed E-state index contributed by atoms with van der Waals surface area (Å²) in [4.78, 5) is 0.306. The molecule has 0 aromatic heterocycles. The molecule has 0 saturated heterocycles. The fraction of sp³-hybridized carbons (Fsp3) is 0.417. The summed E-state index contributed by atoms with van der Waals surface area (Å²) in [5.74, 6) is 0. The molecule has 0 heterocycles. The fourth-order valence-corrected chi connectivity index (χ4v) is 2.85. The van der Waals surface area contributed by atoms with Crippen molar-refractivity contribution in [1.82, 2.24) is 4.72 Å². The molecule has 0 aliphatic rings. The van der Waals surface area contributed by atoms with Gasteiger partial charge in [-0.05, 0) is 31.9 Å². The predicted molar refractivity (Wildman–Crippen MR) is 66.0 cm³/mol. The van der Waals surface area contributed by atoms with Crippen molar-refractivity contribution in [2.24, 2.45) is 0 Å². The van der Waals surface area contributed by atoms with Crippen LogP contribution < -0.4 is 4.72 Å². The molecule has 1 N–H and O–H groups in total. The highest BCUT2D eigenvalue weighted by atomic mass is 32.2. The number of hydrogen-bond acceptors (Lipinski definition) is 3. The minimum absolute atomic E-state index is 0.295. The Bertz CT molecular complexity index is 530. The van der Waals surface area contributed by atoms with Crippen LogP contribution in [0.5, 0.6) is 0 Å². The van der Waals surface area contributed by atoms with Crippen LogP contribution in [0.15, 0.2) is 23.1 Å². The number of aryl methyl sites for hydroxylation is 2. The largest absolute Gasteiger partial charge is 0.240 e. The number of nitriles is 1. The first-order valence-corrected chi connectivity index (χ1v) is 6.89. The molecule has 17 heavy (non-hydrogen) atoms. The molecule has 5 heteroatoms. The predicted octanol–water partition coefficient (Wildman–Crippen LogP) is 1.89. The molecular weight excluding hydrogens is 236 g/mol. The second-order valence-electron chi connectivity index (χ2n) is 3.93. The summed E-state index contributed by atoms with van der Waals surface area (Å²) >= 11 is 0. The Labute approximate surface area is 102 Å². The van der Waals surface area contributed by atoms with Crippen molar-refractivity contribution >= 4 is 10.0 Å². The van der Waals surface area contributed by atoms with Gasteiger partial charge in [-0.3, -0.25) is 0 Å². The van der Waals surface area contributed by atoms with Crippen LogP contribution in [-0.4, -0.2) is 15.0 Å². The van der Waals surface area contributed by atoms with E-state index in [0.29, 0.717) is 24.3 Å². The van der Waals surface area contributed by atoms with Gasteiger partial charge in [0.2, 0.25) is 10.0 Å². The van der Waals surface area contributed by atoms with Gasteiger partial charge in [-0.25, -0.2) is 13.1 Å². The first-order chi connectivity index (χ1) is 7.97. The van der Waals surface area contributed by atoms with E-state index >= 15 is 0 Å². The number of benzene rings is 1. The molecule has 0 fully saturated rings. The van der Waals surface area contributed by atoms with Gasteiger partial charge < -0.3 is 0 Å². The maximum Gasteiger partial charge on any atom is 0.240 e. The summed E-state index contributed by atoms with van der Waals surface area (Å²) in [6, 6.07) is 7.20. The molecule has 0 unspecified atom stereocenters. The standard InChI is InChI=1S/C12H16N2O2S/c1-10-5-6-12(11(2)9-10)17(15,16)14-8-4-3-7-13/h5-6,9,14H,3-4,8H2,1-2H3. The minimum Gasteiger partial charge on any atom is -0.211 e. The third-order valence-electron chi connectivity index (χ3n) is 2.38. The van der Waals surface area contributed by atoms with Crippen LogP contribution >= 0.6 is 0 Å². The fourth-order valence-electron chi connectivity index (χ4n) is 1.55.